The Kier molecular flexibility index (Phi) is 4.79. The van der Waals surface area contributed by atoms with Crippen molar-refractivity contribution in [2.24, 2.45) is 11.8 Å². The summed E-state index contributed by atoms with van der Waals surface area (Å²) in [6.07, 6.45) is 5.09. The molecule has 1 aromatic heterocycles. The number of nitrogens with zero attached hydrogens (tertiary/aromatic N) is 2. The number of para-hydroxylation sites is 1. The molecule has 0 atom stereocenters. The van der Waals surface area contributed by atoms with E-state index < -0.39 is 0 Å². The SMILES string of the molecule is CCNc1nc(SCC(=O)NC(C2CC2)C2CC2)nc2ccccc12. The highest BCUT2D eigenvalue weighted by Gasteiger charge is 2.42. The maximum atomic E-state index is 12.4. The van der Waals surface area contributed by atoms with Crippen molar-refractivity contribution in [3.05, 3.63) is 24.3 Å². The molecule has 0 radical (unpaired) electrons. The largest absolute Gasteiger partial charge is 0.370 e. The van der Waals surface area contributed by atoms with E-state index in [0.717, 1.165) is 35.1 Å². The van der Waals surface area contributed by atoms with Crippen molar-refractivity contribution in [3.63, 3.8) is 0 Å². The molecule has 1 aromatic carbocycles. The molecule has 0 spiro atoms. The predicted octanol–water partition coefficient (Wildman–Crippen LogP) is 3.46. The van der Waals surface area contributed by atoms with Gasteiger partial charge in [-0.25, -0.2) is 9.97 Å². The smallest absolute Gasteiger partial charge is 0.230 e. The van der Waals surface area contributed by atoms with Crippen LogP contribution in [-0.4, -0.2) is 34.2 Å². The predicted molar refractivity (Wildman–Crippen MR) is 102 cm³/mol. The number of fused-ring (bicyclic) bond motifs is 1. The average Bonchev–Trinajstić information content (AvgIpc) is 3.51. The molecule has 132 valence electrons. The molecular formula is C19H24N4OS. The zero-order valence-electron chi connectivity index (χ0n) is 14.5. The number of aromatic nitrogens is 2. The molecule has 0 saturated heterocycles. The van der Waals surface area contributed by atoms with Crippen LogP contribution in [0.15, 0.2) is 29.4 Å². The molecule has 2 fully saturated rings. The Morgan fingerprint density at radius 2 is 1.92 bits per heavy atom. The van der Waals surface area contributed by atoms with Crippen LogP contribution in [0, 0.1) is 11.8 Å². The molecule has 1 amide bonds. The van der Waals surface area contributed by atoms with Gasteiger partial charge >= 0.3 is 0 Å². The first-order chi connectivity index (χ1) is 12.2. The number of carbonyl (C=O) groups is 1. The van der Waals surface area contributed by atoms with E-state index in [1.165, 1.54) is 37.4 Å². The summed E-state index contributed by atoms with van der Waals surface area (Å²) in [6, 6.07) is 8.37. The van der Waals surface area contributed by atoms with Gasteiger partial charge in [-0.05, 0) is 56.6 Å². The number of rotatable bonds is 8. The highest BCUT2D eigenvalue weighted by Crippen LogP contribution is 2.44. The molecular weight excluding hydrogens is 332 g/mol. The molecule has 0 aliphatic heterocycles. The van der Waals surface area contributed by atoms with E-state index in [1.807, 2.05) is 31.2 Å². The molecule has 25 heavy (non-hydrogen) atoms. The summed E-state index contributed by atoms with van der Waals surface area (Å²) < 4.78 is 0. The summed E-state index contributed by atoms with van der Waals surface area (Å²) in [5, 5.41) is 8.22. The van der Waals surface area contributed by atoms with Crippen molar-refractivity contribution in [2.75, 3.05) is 17.6 Å². The normalized spacial score (nSPS) is 17.0. The van der Waals surface area contributed by atoms with Gasteiger partial charge in [0.25, 0.3) is 0 Å². The fourth-order valence-corrected chi connectivity index (χ4v) is 3.97. The number of hydrogen-bond donors (Lipinski definition) is 2. The van der Waals surface area contributed by atoms with Crippen molar-refractivity contribution in [1.29, 1.82) is 0 Å². The van der Waals surface area contributed by atoms with Gasteiger partial charge in [0.15, 0.2) is 5.16 Å². The zero-order valence-corrected chi connectivity index (χ0v) is 15.3. The van der Waals surface area contributed by atoms with E-state index in [4.69, 9.17) is 0 Å². The quantitative estimate of drug-likeness (QED) is 0.560. The minimum Gasteiger partial charge on any atom is -0.370 e. The lowest BCUT2D eigenvalue weighted by Crippen LogP contribution is -2.39. The molecule has 2 aliphatic rings. The highest BCUT2D eigenvalue weighted by molar-refractivity contribution is 7.99. The second kappa shape index (κ2) is 7.20. The lowest BCUT2D eigenvalue weighted by atomic mass is 10.1. The van der Waals surface area contributed by atoms with Crippen LogP contribution in [0.25, 0.3) is 10.9 Å². The number of hydrogen-bond acceptors (Lipinski definition) is 5. The molecule has 0 bridgehead atoms. The van der Waals surface area contributed by atoms with Crippen molar-refractivity contribution in [1.82, 2.24) is 15.3 Å². The lowest BCUT2D eigenvalue weighted by molar-refractivity contribution is -0.119. The van der Waals surface area contributed by atoms with Crippen LogP contribution in [0.1, 0.15) is 32.6 Å². The van der Waals surface area contributed by atoms with Crippen molar-refractivity contribution < 1.29 is 4.79 Å². The molecule has 2 N–H and O–H groups in total. The van der Waals surface area contributed by atoms with E-state index in [1.54, 1.807) is 0 Å². The fourth-order valence-electron chi connectivity index (χ4n) is 3.31. The van der Waals surface area contributed by atoms with Gasteiger partial charge < -0.3 is 10.6 Å². The Labute approximate surface area is 152 Å². The van der Waals surface area contributed by atoms with Crippen LogP contribution in [0.4, 0.5) is 5.82 Å². The summed E-state index contributed by atoms with van der Waals surface area (Å²) in [7, 11) is 0. The fraction of sp³-hybridized carbons (Fsp3) is 0.526. The topological polar surface area (TPSA) is 66.9 Å². The van der Waals surface area contributed by atoms with Crippen molar-refractivity contribution >= 4 is 34.4 Å². The Balaban J connectivity index is 1.42. The number of nitrogens with one attached hydrogen (secondary N) is 2. The van der Waals surface area contributed by atoms with E-state index >= 15 is 0 Å². The van der Waals surface area contributed by atoms with Gasteiger partial charge in [0, 0.05) is 18.0 Å². The number of benzene rings is 1. The number of anilines is 1. The van der Waals surface area contributed by atoms with Gasteiger partial charge in [-0.1, -0.05) is 23.9 Å². The third-order valence-corrected chi connectivity index (χ3v) is 5.69. The number of thioether (sulfide) groups is 1. The van der Waals surface area contributed by atoms with Crippen LogP contribution in [0.3, 0.4) is 0 Å². The van der Waals surface area contributed by atoms with Crippen LogP contribution >= 0.6 is 11.8 Å². The first-order valence-corrected chi connectivity index (χ1v) is 10.2. The molecule has 5 nitrogen and oxygen atoms in total. The van der Waals surface area contributed by atoms with E-state index in [0.29, 0.717) is 17.0 Å². The average molecular weight is 356 g/mol. The molecule has 0 unspecified atom stereocenters. The minimum atomic E-state index is 0.107. The third-order valence-electron chi connectivity index (χ3n) is 4.85. The minimum absolute atomic E-state index is 0.107. The Bertz CT molecular complexity index is 761. The molecule has 2 saturated carbocycles. The molecule has 6 heteroatoms. The third kappa shape index (κ3) is 4.06. The van der Waals surface area contributed by atoms with E-state index in [2.05, 4.69) is 20.6 Å². The van der Waals surface area contributed by atoms with Crippen LogP contribution in [0.5, 0.6) is 0 Å². The van der Waals surface area contributed by atoms with Crippen LogP contribution in [0.2, 0.25) is 0 Å². The number of amides is 1. The Morgan fingerprint density at radius 3 is 2.60 bits per heavy atom. The standard InChI is InChI=1S/C19H24N4OS/c1-2-20-18-14-5-3-4-6-15(14)21-19(23-18)25-11-16(24)22-17(12-7-8-12)13-9-10-13/h3-6,12-13,17H,2,7-11H2,1H3,(H,22,24)(H,20,21,23). The second-order valence-electron chi connectivity index (χ2n) is 6.96. The van der Waals surface area contributed by atoms with Gasteiger partial charge in [0.05, 0.1) is 11.3 Å². The number of carbonyl (C=O) groups excluding carboxylic acids is 1. The van der Waals surface area contributed by atoms with Crippen LogP contribution in [-0.2, 0) is 4.79 Å². The first-order valence-electron chi connectivity index (χ1n) is 9.17. The Hall–Kier alpha value is -1.82. The van der Waals surface area contributed by atoms with Gasteiger partial charge in [0.2, 0.25) is 5.91 Å². The van der Waals surface area contributed by atoms with E-state index in [9.17, 15) is 4.79 Å². The second-order valence-corrected chi connectivity index (χ2v) is 7.90. The summed E-state index contributed by atoms with van der Waals surface area (Å²) in [5.41, 5.74) is 0.908. The molecule has 2 aliphatic carbocycles. The Morgan fingerprint density at radius 1 is 1.20 bits per heavy atom. The highest BCUT2D eigenvalue weighted by atomic mass is 32.2. The van der Waals surface area contributed by atoms with Crippen molar-refractivity contribution in [2.45, 2.75) is 43.8 Å². The summed E-state index contributed by atoms with van der Waals surface area (Å²) >= 11 is 1.42. The molecule has 4 rings (SSSR count). The summed E-state index contributed by atoms with van der Waals surface area (Å²) in [4.78, 5) is 21.6. The summed E-state index contributed by atoms with van der Waals surface area (Å²) in [5.74, 6) is 2.76. The van der Waals surface area contributed by atoms with Gasteiger partial charge in [0.1, 0.15) is 5.82 Å². The first kappa shape index (κ1) is 16.6. The monoisotopic (exact) mass is 356 g/mol. The zero-order chi connectivity index (χ0) is 17.2. The van der Waals surface area contributed by atoms with Crippen molar-refractivity contribution in [3.8, 4) is 0 Å². The maximum absolute atomic E-state index is 12.4. The molecule has 1 heterocycles. The van der Waals surface area contributed by atoms with Gasteiger partial charge in [-0.2, -0.15) is 0 Å². The van der Waals surface area contributed by atoms with Gasteiger partial charge in [-0.3, -0.25) is 4.79 Å². The molecule has 2 aromatic rings. The maximum Gasteiger partial charge on any atom is 0.230 e. The lowest BCUT2D eigenvalue weighted by Gasteiger charge is -2.17. The van der Waals surface area contributed by atoms with Gasteiger partial charge in [-0.15, -0.1) is 0 Å². The van der Waals surface area contributed by atoms with E-state index in [-0.39, 0.29) is 5.91 Å². The van der Waals surface area contributed by atoms with Crippen LogP contribution < -0.4 is 10.6 Å². The summed E-state index contributed by atoms with van der Waals surface area (Å²) in [6.45, 7) is 2.85.